The Morgan fingerprint density at radius 3 is 2.36 bits per heavy atom. The lowest BCUT2D eigenvalue weighted by atomic mass is 10.2. The van der Waals surface area contributed by atoms with Gasteiger partial charge in [0, 0.05) is 60.4 Å². The molecule has 0 saturated carbocycles. The summed E-state index contributed by atoms with van der Waals surface area (Å²) in [6.07, 6.45) is 3.42. The molecule has 1 fully saturated rings. The van der Waals surface area contributed by atoms with Gasteiger partial charge in [-0.15, -0.1) is 0 Å². The topological polar surface area (TPSA) is 141 Å². The molecule has 1 saturated heterocycles. The third-order valence-electron chi connectivity index (χ3n) is 6.41. The fraction of sp³-hybridized carbons (Fsp3) is 0.172. The van der Waals surface area contributed by atoms with Gasteiger partial charge >= 0.3 is 6.03 Å². The van der Waals surface area contributed by atoms with Gasteiger partial charge in [0.15, 0.2) is 5.82 Å². The molecule has 214 valence electrons. The number of anilines is 5. The van der Waals surface area contributed by atoms with Crippen LogP contribution in [-0.2, 0) is 0 Å². The molecule has 13 heteroatoms. The van der Waals surface area contributed by atoms with E-state index in [0.29, 0.717) is 45.4 Å². The first-order chi connectivity index (χ1) is 20.3. The van der Waals surface area contributed by atoms with Crippen LogP contribution in [0.4, 0.5) is 39.4 Å². The van der Waals surface area contributed by atoms with Crippen LogP contribution in [0.15, 0.2) is 72.8 Å². The van der Waals surface area contributed by atoms with Crippen LogP contribution < -0.4 is 20.9 Å². The lowest BCUT2D eigenvalue weighted by molar-refractivity contribution is -0.384. The molecule has 5 rings (SSSR count). The van der Waals surface area contributed by atoms with Gasteiger partial charge in [0.25, 0.3) is 5.69 Å². The van der Waals surface area contributed by atoms with E-state index in [2.05, 4.69) is 47.7 Å². The average Bonchev–Trinajstić information content (AvgIpc) is 2.98. The zero-order valence-corrected chi connectivity index (χ0v) is 23.5. The van der Waals surface area contributed by atoms with Crippen molar-refractivity contribution < 1.29 is 9.72 Å². The molecule has 0 spiro atoms. The molecule has 42 heavy (non-hydrogen) atoms. The van der Waals surface area contributed by atoms with Crippen molar-refractivity contribution in [1.29, 1.82) is 0 Å². The summed E-state index contributed by atoms with van der Waals surface area (Å²) in [6.45, 7) is 3.27. The van der Waals surface area contributed by atoms with E-state index < -0.39 is 11.0 Å². The minimum Gasteiger partial charge on any atom is -0.338 e. The van der Waals surface area contributed by atoms with Crippen LogP contribution in [0.25, 0.3) is 12.2 Å². The second kappa shape index (κ2) is 13.1. The van der Waals surface area contributed by atoms with E-state index in [9.17, 15) is 14.9 Å². The van der Waals surface area contributed by atoms with E-state index in [1.54, 1.807) is 66.7 Å². The van der Waals surface area contributed by atoms with Crippen LogP contribution >= 0.6 is 11.6 Å². The number of halogens is 1. The van der Waals surface area contributed by atoms with Crippen molar-refractivity contribution in [1.82, 2.24) is 19.9 Å². The van der Waals surface area contributed by atoms with Crippen molar-refractivity contribution in [2.75, 3.05) is 54.1 Å². The Morgan fingerprint density at radius 2 is 1.60 bits per heavy atom. The Labute approximate surface area is 247 Å². The Bertz CT molecular complexity index is 1610. The molecular weight excluding hydrogens is 558 g/mol. The first kappa shape index (κ1) is 28.5. The molecule has 2 amide bonds. The molecule has 1 aliphatic rings. The lowest BCUT2D eigenvalue weighted by Crippen LogP contribution is -2.45. The van der Waals surface area contributed by atoms with Crippen molar-refractivity contribution in [3.63, 3.8) is 0 Å². The molecule has 1 aromatic heterocycles. The number of likely N-dealkylation sites (N-methyl/N-ethyl adjacent to an activating group) is 1. The molecule has 3 N–H and O–H groups in total. The number of non-ortho nitro benzene ring substituents is 1. The monoisotopic (exact) mass is 585 g/mol. The predicted molar refractivity (Wildman–Crippen MR) is 165 cm³/mol. The van der Waals surface area contributed by atoms with Crippen molar-refractivity contribution in [3.05, 3.63) is 99.3 Å². The van der Waals surface area contributed by atoms with E-state index in [4.69, 9.17) is 11.6 Å². The Morgan fingerprint density at radius 1 is 0.881 bits per heavy atom. The number of piperazine rings is 1. The van der Waals surface area contributed by atoms with Crippen LogP contribution in [0.1, 0.15) is 11.4 Å². The molecule has 3 aromatic carbocycles. The quantitative estimate of drug-likeness (QED) is 0.174. The van der Waals surface area contributed by atoms with Crippen LogP contribution in [0.5, 0.6) is 0 Å². The Kier molecular flexibility index (Phi) is 8.85. The van der Waals surface area contributed by atoms with E-state index in [1.165, 1.54) is 12.1 Å². The highest BCUT2D eigenvalue weighted by atomic mass is 35.5. The summed E-state index contributed by atoms with van der Waals surface area (Å²) in [6, 6.07) is 19.9. The third kappa shape index (κ3) is 7.77. The number of nitrogens with zero attached hydrogens (tertiary/aromatic N) is 6. The van der Waals surface area contributed by atoms with Crippen LogP contribution in [0.3, 0.4) is 0 Å². The fourth-order valence-electron chi connectivity index (χ4n) is 4.20. The summed E-state index contributed by atoms with van der Waals surface area (Å²) in [5.74, 6) is 1.24. The standard InChI is InChI=1S/C29H28ClN9O3/c1-37-14-16-38(17-15-37)28-35-26(13-8-20-4-2-7-25(18-20)39(41)42)34-27(36-28)31-23-5-3-6-24(19-23)33-29(40)32-22-11-9-21(30)10-12-22/h2-13,18-19H,14-17H2,1H3,(H2,32,33,40)(H,31,34,35,36). The number of carbonyl (C=O) groups excluding carboxylic acids is 1. The van der Waals surface area contributed by atoms with Crippen molar-refractivity contribution in [2.45, 2.75) is 0 Å². The molecule has 4 aromatic rings. The zero-order chi connectivity index (χ0) is 29.5. The minimum atomic E-state index is -0.432. The van der Waals surface area contributed by atoms with Crippen molar-refractivity contribution >= 4 is 64.4 Å². The maximum atomic E-state index is 12.5. The van der Waals surface area contributed by atoms with Gasteiger partial charge in [-0.25, -0.2) is 4.79 Å². The van der Waals surface area contributed by atoms with Crippen LogP contribution in [-0.4, -0.2) is 64.0 Å². The SMILES string of the molecule is CN1CCN(c2nc(C=Cc3cccc([N+](=O)[O-])c3)nc(Nc3cccc(NC(=O)Nc4ccc(Cl)cc4)c3)n2)CC1. The number of carbonyl (C=O) groups is 1. The molecule has 1 aliphatic heterocycles. The summed E-state index contributed by atoms with van der Waals surface area (Å²) in [5.41, 5.74) is 2.48. The third-order valence-corrected chi connectivity index (χ3v) is 6.66. The molecule has 0 aliphatic carbocycles. The van der Waals surface area contributed by atoms with Gasteiger partial charge in [0.05, 0.1) is 4.92 Å². The first-order valence-electron chi connectivity index (χ1n) is 13.1. The van der Waals surface area contributed by atoms with E-state index >= 15 is 0 Å². The van der Waals surface area contributed by atoms with Gasteiger partial charge in [0.1, 0.15) is 0 Å². The van der Waals surface area contributed by atoms with Crippen molar-refractivity contribution in [3.8, 4) is 0 Å². The maximum absolute atomic E-state index is 12.5. The molecule has 0 unspecified atom stereocenters. The average molecular weight is 586 g/mol. The van der Waals surface area contributed by atoms with Gasteiger partial charge in [0.2, 0.25) is 11.9 Å². The van der Waals surface area contributed by atoms with E-state index in [1.807, 2.05) is 6.07 Å². The number of urea groups is 1. The summed E-state index contributed by atoms with van der Waals surface area (Å²) < 4.78 is 0. The molecule has 2 heterocycles. The highest BCUT2D eigenvalue weighted by molar-refractivity contribution is 6.30. The number of amides is 2. The number of nitro benzene ring substituents is 1. The predicted octanol–water partition coefficient (Wildman–Crippen LogP) is 5.74. The highest BCUT2D eigenvalue weighted by Crippen LogP contribution is 2.22. The summed E-state index contributed by atoms with van der Waals surface area (Å²) in [7, 11) is 2.07. The summed E-state index contributed by atoms with van der Waals surface area (Å²) in [5, 5.41) is 20.5. The van der Waals surface area contributed by atoms with E-state index in [-0.39, 0.29) is 5.69 Å². The van der Waals surface area contributed by atoms with Gasteiger partial charge in [-0.2, -0.15) is 15.0 Å². The fourth-order valence-corrected chi connectivity index (χ4v) is 4.33. The normalized spacial score (nSPS) is 13.6. The minimum absolute atomic E-state index is 0.00335. The Balaban J connectivity index is 1.35. The highest BCUT2D eigenvalue weighted by Gasteiger charge is 2.18. The number of nitro groups is 1. The number of hydrogen-bond donors (Lipinski definition) is 3. The number of nitrogens with one attached hydrogen (secondary N) is 3. The molecule has 0 bridgehead atoms. The largest absolute Gasteiger partial charge is 0.338 e. The number of aromatic nitrogens is 3. The second-order valence-corrected chi connectivity index (χ2v) is 10.0. The van der Waals surface area contributed by atoms with Crippen molar-refractivity contribution in [2.24, 2.45) is 0 Å². The smallest absolute Gasteiger partial charge is 0.323 e. The van der Waals surface area contributed by atoms with Gasteiger partial charge in [-0.1, -0.05) is 35.9 Å². The van der Waals surface area contributed by atoms with E-state index in [0.717, 1.165) is 26.2 Å². The molecule has 0 atom stereocenters. The van der Waals surface area contributed by atoms with Gasteiger partial charge in [-0.05, 0) is 61.2 Å². The molecule has 12 nitrogen and oxygen atoms in total. The lowest BCUT2D eigenvalue weighted by Gasteiger charge is -2.32. The number of benzene rings is 3. The van der Waals surface area contributed by atoms with Gasteiger partial charge in [-0.3, -0.25) is 10.1 Å². The van der Waals surface area contributed by atoms with Crippen LogP contribution in [0, 0.1) is 10.1 Å². The van der Waals surface area contributed by atoms with Gasteiger partial charge < -0.3 is 25.8 Å². The number of rotatable bonds is 8. The second-order valence-electron chi connectivity index (χ2n) is 9.58. The first-order valence-corrected chi connectivity index (χ1v) is 13.5. The maximum Gasteiger partial charge on any atom is 0.323 e. The molecule has 0 radical (unpaired) electrons. The summed E-state index contributed by atoms with van der Waals surface area (Å²) in [4.78, 5) is 41.4. The van der Waals surface area contributed by atoms with Crippen LogP contribution in [0.2, 0.25) is 5.02 Å². The Hall–Kier alpha value is -5.07. The summed E-state index contributed by atoms with van der Waals surface area (Å²) >= 11 is 5.91. The molecular formula is C29H28ClN9O3. The zero-order valence-electron chi connectivity index (χ0n) is 22.7. The number of hydrogen-bond acceptors (Lipinski definition) is 9.